The second-order valence-corrected chi connectivity index (χ2v) is 6.09. The van der Waals surface area contributed by atoms with Crippen LogP contribution in [0.25, 0.3) is 0 Å². The zero-order chi connectivity index (χ0) is 17.9. The lowest BCUT2D eigenvalue weighted by Gasteiger charge is -2.26. The van der Waals surface area contributed by atoms with Gasteiger partial charge in [0.1, 0.15) is 18.8 Å². The molecule has 0 aromatic heterocycles. The number of hydrogen-bond acceptors (Lipinski definition) is 7. The average Bonchev–Trinajstić information content (AvgIpc) is 2.78. The molecule has 1 saturated heterocycles. The molecule has 7 nitrogen and oxygen atoms in total. The number of carbonyl (C=O) groups is 2. The van der Waals surface area contributed by atoms with Crippen molar-refractivity contribution in [2.24, 2.45) is 5.92 Å². The molecule has 1 aliphatic heterocycles. The molecule has 0 amide bonds. The van der Waals surface area contributed by atoms with Gasteiger partial charge in [0.05, 0.1) is 12.0 Å². The van der Waals surface area contributed by atoms with E-state index in [2.05, 4.69) is 18.0 Å². The Hall–Kier alpha value is -1.96. The molecule has 0 spiro atoms. The Kier molecular flexibility index (Phi) is 5.93. The van der Waals surface area contributed by atoms with Crippen LogP contribution in [-0.4, -0.2) is 47.2 Å². The minimum absolute atomic E-state index is 0.0311. The van der Waals surface area contributed by atoms with Gasteiger partial charge >= 0.3 is 11.9 Å². The molecule has 0 saturated carbocycles. The lowest BCUT2D eigenvalue weighted by Crippen LogP contribution is -2.31. The van der Waals surface area contributed by atoms with Crippen LogP contribution >= 0.6 is 0 Å². The zero-order valence-corrected chi connectivity index (χ0v) is 13.6. The van der Waals surface area contributed by atoms with Crippen LogP contribution < -0.4 is 0 Å². The van der Waals surface area contributed by atoms with Crippen molar-refractivity contribution >= 4 is 11.9 Å². The summed E-state index contributed by atoms with van der Waals surface area (Å²) in [6.07, 6.45) is 0.365. The van der Waals surface area contributed by atoms with Gasteiger partial charge in [-0.2, -0.15) is 0 Å². The number of carbonyl (C=O) groups excluding carboxylic acids is 2. The van der Waals surface area contributed by atoms with E-state index in [-0.39, 0.29) is 18.6 Å². The van der Waals surface area contributed by atoms with Gasteiger partial charge in [-0.25, -0.2) is 9.68 Å². The van der Waals surface area contributed by atoms with Crippen LogP contribution in [0.5, 0.6) is 0 Å². The van der Waals surface area contributed by atoms with Crippen molar-refractivity contribution < 1.29 is 34.3 Å². The summed E-state index contributed by atoms with van der Waals surface area (Å²) in [4.78, 5) is 27.3. The first-order chi connectivity index (χ1) is 11.3. The summed E-state index contributed by atoms with van der Waals surface area (Å²) in [7, 11) is 0. The van der Waals surface area contributed by atoms with Crippen molar-refractivity contribution in [3.8, 4) is 0 Å². The number of esters is 2. The molecule has 4 atom stereocenters. The molecular weight excluding hydrogens is 316 g/mol. The van der Waals surface area contributed by atoms with E-state index in [0.29, 0.717) is 24.0 Å². The molecule has 2 rings (SSSR count). The average molecular weight is 338 g/mol. The van der Waals surface area contributed by atoms with Gasteiger partial charge in [0, 0.05) is 12.5 Å². The van der Waals surface area contributed by atoms with Crippen molar-refractivity contribution in [1.82, 2.24) is 0 Å². The molecule has 0 aromatic carbocycles. The molecule has 7 heteroatoms. The first-order valence-corrected chi connectivity index (χ1v) is 7.72. The smallest absolute Gasteiger partial charge is 0.334 e. The predicted molar refractivity (Wildman–Crippen MR) is 83.7 cm³/mol. The van der Waals surface area contributed by atoms with Crippen molar-refractivity contribution in [1.29, 1.82) is 0 Å². The highest BCUT2D eigenvalue weighted by Crippen LogP contribution is 2.35. The van der Waals surface area contributed by atoms with Crippen LogP contribution in [0, 0.1) is 5.92 Å². The SMILES string of the molecule is C=C1C(=O)O[C@@H]2/C=C(\COC(C)=O)CC[C@@H](OO)C(=C)C[C@H](O)[C@@H]12. The first-order valence-electron chi connectivity index (χ1n) is 7.72. The molecular formula is C17H22O7. The summed E-state index contributed by atoms with van der Waals surface area (Å²) in [5.41, 5.74) is 1.39. The first kappa shape index (κ1) is 18.4. The normalized spacial score (nSPS) is 33.3. The molecule has 0 aromatic rings. The lowest BCUT2D eigenvalue weighted by molar-refractivity contribution is -0.270. The summed E-state index contributed by atoms with van der Waals surface area (Å²) >= 11 is 0. The fraction of sp³-hybridized carbons (Fsp3) is 0.529. The van der Waals surface area contributed by atoms with Crippen LogP contribution in [0.2, 0.25) is 0 Å². The van der Waals surface area contributed by atoms with Gasteiger partial charge < -0.3 is 14.6 Å². The summed E-state index contributed by atoms with van der Waals surface area (Å²) in [5, 5.41) is 19.5. The topological polar surface area (TPSA) is 102 Å². The van der Waals surface area contributed by atoms with Crippen molar-refractivity contribution in [2.75, 3.05) is 6.61 Å². The minimum Gasteiger partial charge on any atom is -0.461 e. The fourth-order valence-corrected chi connectivity index (χ4v) is 3.00. The lowest BCUT2D eigenvalue weighted by atomic mass is 9.84. The molecule has 2 N–H and O–H groups in total. The summed E-state index contributed by atoms with van der Waals surface area (Å²) < 4.78 is 10.3. The molecule has 0 unspecified atom stereocenters. The molecule has 1 heterocycles. The molecule has 1 fully saturated rings. The van der Waals surface area contributed by atoms with Crippen LogP contribution in [0.15, 0.2) is 36.0 Å². The maximum absolute atomic E-state index is 11.8. The zero-order valence-electron chi connectivity index (χ0n) is 13.6. The summed E-state index contributed by atoms with van der Waals surface area (Å²) in [6, 6.07) is 0. The molecule has 132 valence electrons. The standard InChI is InChI=1S/C17H22O7/c1-9-6-13(19)16-10(2)17(20)23-15(16)7-12(8-22-11(3)18)4-5-14(9)24-21/h7,13-16,19,21H,1-2,4-6,8H2,3H3/b12-7-/t13-,14+,15+,16+/m0/s1. The maximum Gasteiger partial charge on any atom is 0.334 e. The van der Waals surface area contributed by atoms with E-state index in [9.17, 15) is 14.7 Å². The third-order valence-corrected chi connectivity index (χ3v) is 4.32. The Bertz CT molecular complexity index is 577. The van der Waals surface area contributed by atoms with Crippen molar-refractivity contribution in [3.05, 3.63) is 36.0 Å². The van der Waals surface area contributed by atoms with E-state index in [1.54, 1.807) is 6.08 Å². The van der Waals surface area contributed by atoms with E-state index in [1.807, 2.05) is 0 Å². The van der Waals surface area contributed by atoms with Gasteiger partial charge in [0.25, 0.3) is 0 Å². The second kappa shape index (κ2) is 7.74. The van der Waals surface area contributed by atoms with Gasteiger partial charge in [0.15, 0.2) is 0 Å². The van der Waals surface area contributed by atoms with Crippen molar-refractivity contribution in [2.45, 2.75) is 44.5 Å². The van der Waals surface area contributed by atoms with Gasteiger partial charge in [-0.05, 0) is 36.5 Å². The molecule has 2 aliphatic rings. The molecule has 0 bridgehead atoms. The fourth-order valence-electron chi connectivity index (χ4n) is 3.00. The van der Waals surface area contributed by atoms with Gasteiger partial charge in [-0.1, -0.05) is 13.2 Å². The number of rotatable bonds is 3. The number of aliphatic hydroxyl groups excluding tert-OH is 1. The van der Waals surface area contributed by atoms with Crippen LogP contribution in [0.1, 0.15) is 26.2 Å². The third-order valence-electron chi connectivity index (χ3n) is 4.32. The largest absolute Gasteiger partial charge is 0.461 e. The summed E-state index contributed by atoms with van der Waals surface area (Å²) in [6.45, 7) is 8.87. The molecule has 1 aliphatic carbocycles. The van der Waals surface area contributed by atoms with Gasteiger partial charge in [-0.3, -0.25) is 10.1 Å². The number of ether oxygens (including phenoxy) is 2. The van der Waals surface area contributed by atoms with E-state index in [4.69, 9.17) is 14.7 Å². The van der Waals surface area contributed by atoms with Gasteiger partial charge in [-0.15, -0.1) is 0 Å². The Balaban J connectivity index is 2.32. The third kappa shape index (κ3) is 4.11. The number of aliphatic hydroxyl groups is 1. The number of hydrogen-bond donors (Lipinski definition) is 2. The van der Waals surface area contributed by atoms with Crippen molar-refractivity contribution in [3.63, 3.8) is 0 Å². The monoisotopic (exact) mass is 338 g/mol. The maximum atomic E-state index is 11.8. The Morgan fingerprint density at radius 3 is 2.79 bits per heavy atom. The highest BCUT2D eigenvalue weighted by Gasteiger charge is 2.42. The Labute approximate surface area is 140 Å². The summed E-state index contributed by atoms with van der Waals surface area (Å²) in [5.74, 6) is -1.62. The quantitative estimate of drug-likeness (QED) is 0.264. The van der Waals surface area contributed by atoms with E-state index < -0.39 is 36.2 Å². The second-order valence-electron chi connectivity index (χ2n) is 6.09. The number of fused-ring (bicyclic) bond motifs is 1. The van der Waals surface area contributed by atoms with E-state index >= 15 is 0 Å². The van der Waals surface area contributed by atoms with Crippen LogP contribution in [0.3, 0.4) is 0 Å². The van der Waals surface area contributed by atoms with E-state index in [0.717, 1.165) is 0 Å². The highest BCUT2D eigenvalue weighted by molar-refractivity contribution is 5.91. The molecule has 24 heavy (non-hydrogen) atoms. The Morgan fingerprint density at radius 2 is 2.17 bits per heavy atom. The van der Waals surface area contributed by atoms with Crippen LogP contribution in [0.4, 0.5) is 0 Å². The molecule has 0 radical (unpaired) electrons. The van der Waals surface area contributed by atoms with Gasteiger partial charge in [0.2, 0.25) is 0 Å². The predicted octanol–water partition coefficient (Wildman–Crippen LogP) is 1.53. The Morgan fingerprint density at radius 1 is 1.46 bits per heavy atom. The minimum atomic E-state index is -0.955. The van der Waals surface area contributed by atoms with Crippen LogP contribution in [-0.2, 0) is 24.0 Å². The van der Waals surface area contributed by atoms with E-state index in [1.165, 1.54) is 6.92 Å². The highest BCUT2D eigenvalue weighted by atomic mass is 17.1.